The van der Waals surface area contributed by atoms with Crippen molar-refractivity contribution in [2.75, 3.05) is 20.8 Å². The first-order chi connectivity index (χ1) is 9.58. The zero-order valence-electron chi connectivity index (χ0n) is 12.3. The summed E-state index contributed by atoms with van der Waals surface area (Å²) < 4.78 is 15.2. The highest BCUT2D eigenvalue weighted by atomic mass is 16.5. The molecule has 0 aliphatic heterocycles. The second-order valence-corrected chi connectivity index (χ2v) is 4.15. The Kier molecular flexibility index (Phi) is 6.03. The molecule has 1 rings (SSSR count). The summed E-state index contributed by atoms with van der Waals surface area (Å²) in [4.78, 5) is 24.1. The topological polar surface area (TPSA) is 61.8 Å². The first kappa shape index (κ1) is 16.0. The summed E-state index contributed by atoms with van der Waals surface area (Å²) in [5.74, 6) is -0.556. The Morgan fingerprint density at radius 1 is 1.10 bits per heavy atom. The van der Waals surface area contributed by atoms with Crippen molar-refractivity contribution >= 4 is 11.8 Å². The smallest absolute Gasteiger partial charge is 0.316 e. The van der Waals surface area contributed by atoms with Crippen molar-refractivity contribution in [2.24, 2.45) is 5.92 Å². The first-order valence-corrected chi connectivity index (χ1v) is 6.51. The Balaban J connectivity index is 3.03. The van der Waals surface area contributed by atoms with Crippen molar-refractivity contribution in [2.45, 2.75) is 20.3 Å². The number of rotatable bonds is 7. The van der Waals surface area contributed by atoms with Crippen LogP contribution < -0.4 is 9.47 Å². The molecule has 0 aromatic heterocycles. The summed E-state index contributed by atoms with van der Waals surface area (Å²) in [6, 6.07) is 4.83. The van der Waals surface area contributed by atoms with Crippen LogP contribution in [0.15, 0.2) is 18.2 Å². The van der Waals surface area contributed by atoms with Gasteiger partial charge >= 0.3 is 5.97 Å². The Hall–Kier alpha value is -2.04. The lowest BCUT2D eigenvalue weighted by molar-refractivity contribution is -0.146. The van der Waals surface area contributed by atoms with Gasteiger partial charge in [-0.2, -0.15) is 0 Å². The summed E-state index contributed by atoms with van der Waals surface area (Å²) in [6.07, 6.45) is 0.395. The van der Waals surface area contributed by atoms with Crippen molar-refractivity contribution in [3.63, 3.8) is 0 Å². The standard InChI is InChI=1S/C15H20O5/c1-5-11(15(17)20-6-2)14(16)10-7-8-12(18-3)13(9-10)19-4/h7-9,11H,5-6H2,1-4H3. The van der Waals surface area contributed by atoms with Crippen LogP contribution in [0, 0.1) is 5.92 Å². The van der Waals surface area contributed by atoms with E-state index in [1.54, 1.807) is 32.0 Å². The third-order valence-electron chi connectivity index (χ3n) is 2.96. The fraction of sp³-hybridized carbons (Fsp3) is 0.467. The highest BCUT2D eigenvalue weighted by Gasteiger charge is 2.27. The number of hydrogen-bond acceptors (Lipinski definition) is 5. The zero-order valence-corrected chi connectivity index (χ0v) is 12.3. The van der Waals surface area contributed by atoms with E-state index in [-0.39, 0.29) is 12.4 Å². The van der Waals surface area contributed by atoms with Crippen molar-refractivity contribution < 1.29 is 23.8 Å². The fourth-order valence-corrected chi connectivity index (χ4v) is 1.89. The number of hydrogen-bond donors (Lipinski definition) is 0. The fourth-order valence-electron chi connectivity index (χ4n) is 1.89. The monoisotopic (exact) mass is 280 g/mol. The average Bonchev–Trinajstić information content (AvgIpc) is 2.47. The largest absolute Gasteiger partial charge is 0.493 e. The normalized spacial score (nSPS) is 11.6. The Bertz CT molecular complexity index is 481. The van der Waals surface area contributed by atoms with Crippen LogP contribution in [-0.2, 0) is 9.53 Å². The number of methoxy groups -OCH3 is 2. The van der Waals surface area contributed by atoms with Crippen molar-refractivity contribution in [1.82, 2.24) is 0 Å². The number of Topliss-reactive ketones (excluding diaryl/α,β-unsaturated/α-hetero) is 1. The number of ether oxygens (including phenoxy) is 3. The molecule has 0 saturated carbocycles. The van der Waals surface area contributed by atoms with Gasteiger partial charge in [-0.3, -0.25) is 9.59 Å². The second kappa shape index (κ2) is 7.53. The van der Waals surface area contributed by atoms with Crippen LogP contribution in [0.4, 0.5) is 0 Å². The zero-order chi connectivity index (χ0) is 15.1. The Morgan fingerprint density at radius 2 is 1.75 bits per heavy atom. The minimum atomic E-state index is -0.784. The lowest BCUT2D eigenvalue weighted by Gasteiger charge is -2.14. The molecule has 20 heavy (non-hydrogen) atoms. The minimum Gasteiger partial charge on any atom is -0.493 e. The molecule has 110 valence electrons. The maximum absolute atomic E-state index is 12.4. The van der Waals surface area contributed by atoms with Crippen LogP contribution in [0.1, 0.15) is 30.6 Å². The first-order valence-electron chi connectivity index (χ1n) is 6.51. The van der Waals surface area contributed by atoms with Crippen LogP contribution in [0.2, 0.25) is 0 Å². The molecule has 1 atom stereocenters. The number of benzene rings is 1. The molecule has 0 aliphatic carbocycles. The molecular weight excluding hydrogens is 260 g/mol. The third kappa shape index (κ3) is 3.50. The average molecular weight is 280 g/mol. The van der Waals surface area contributed by atoms with E-state index in [1.807, 2.05) is 0 Å². The van der Waals surface area contributed by atoms with Gasteiger partial charge in [0, 0.05) is 5.56 Å². The summed E-state index contributed by atoms with van der Waals surface area (Å²) in [5, 5.41) is 0. The summed E-state index contributed by atoms with van der Waals surface area (Å²) in [7, 11) is 3.02. The SMILES string of the molecule is CCOC(=O)C(CC)C(=O)c1ccc(OC)c(OC)c1. The molecule has 0 bridgehead atoms. The molecule has 5 heteroatoms. The molecule has 0 saturated heterocycles. The lowest BCUT2D eigenvalue weighted by Crippen LogP contribution is -2.25. The molecule has 1 unspecified atom stereocenters. The number of ketones is 1. The molecular formula is C15H20O5. The molecule has 0 heterocycles. The van der Waals surface area contributed by atoms with Gasteiger partial charge in [-0.25, -0.2) is 0 Å². The van der Waals surface area contributed by atoms with Gasteiger partial charge in [0.2, 0.25) is 0 Å². The molecule has 0 spiro atoms. The molecule has 5 nitrogen and oxygen atoms in total. The van der Waals surface area contributed by atoms with Crippen LogP contribution in [0.25, 0.3) is 0 Å². The van der Waals surface area contributed by atoms with Crippen molar-refractivity contribution in [3.8, 4) is 11.5 Å². The quantitative estimate of drug-likeness (QED) is 0.436. The number of carbonyl (C=O) groups excluding carboxylic acids is 2. The van der Waals surface area contributed by atoms with E-state index >= 15 is 0 Å². The minimum absolute atomic E-state index is 0.258. The Morgan fingerprint density at radius 3 is 2.25 bits per heavy atom. The van der Waals surface area contributed by atoms with Gasteiger partial charge in [-0.1, -0.05) is 6.92 Å². The van der Waals surface area contributed by atoms with Gasteiger partial charge in [0.05, 0.1) is 20.8 Å². The van der Waals surface area contributed by atoms with E-state index in [1.165, 1.54) is 14.2 Å². The number of esters is 1. The summed E-state index contributed by atoms with van der Waals surface area (Å²) in [6.45, 7) is 3.75. The van der Waals surface area contributed by atoms with Gasteiger partial charge < -0.3 is 14.2 Å². The Labute approximate surface area is 118 Å². The van der Waals surface area contributed by atoms with E-state index in [4.69, 9.17) is 14.2 Å². The second-order valence-electron chi connectivity index (χ2n) is 4.15. The van der Waals surface area contributed by atoms with Gasteiger partial charge in [0.15, 0.2) is 17.3 Å². The predicted octanol–water partition coefficient (Wildman–Crippen LogP) is 2.48. The van der Waals surface area contributed by atoms with E-state index in [0.29, 0.717) is 23.5 Å². The van der Waals surface area contributed by atoms with Crippen molar-refractivity contribution in [1.29, 1.82) is 0 Å². The molecule has 0 amide bonds. The van der Waals surface area contributed by atoms with Crippen LogP contribution in [0.3, 0.4) is 0 Å². The van der Waals surface area contributed by atoms with E-state index in [9.17, 15) is 9.59 Å². The van der Waals surface area contributed by atoms with E-state index in [0.717, 1.165) is 0 Å². The van der Waals surface area contributed by atoms with Crippen LogP contribution in [0.5, 0.6) is 11.5 Å². The van der Waals surface area contributed by atoms with Crippen LogP contribution in [-0.4, -0.2) is 32.6 Å². The van der Waals surface area contributed by atoms with Gasteiger partial charge in [-0.05, 0) is 31.5 Å². The highest BCUT2D eigenvalue weighted by molar-refractivity contribution is 6.08. The summed E-state index contributed by atoms with van der Waals surface area (Å²) in [5.41, 5.74) is 0.405. The van der Waals surface area contributed by atoms with Gasteiger partial charge in [0.25, 0.3) is 0 Å². The lowest BCUT2D eigenvalue weighted by atomic mass is 9.95. The molecule has 0 N–H and O–H groups in total. The molecule has 0 fully saturated rings. The molecule has 0 radical (unpaired) electrons. The highest BCUT2D eigenvalue weighted by Crippen LogP contribution is 2.29. The molecule has 1 aromatic carbocycles. The van der Waals surface area contributed by atoms with Crippen LogP contribution >= 0.6 is 0 Å². The van der Waals surface area contributed by atoms with Crippen molar-refractivity contribution in [3.05, 3.63) is 23.8 Å². The molecule has 0 aliphatic rings. The maximum atomic E-state index is 12.4. The van der Waals surface area contributed by atoms with E-state index < -0.39 is 11.9 Å². The third-order valence-corrected chi connectivity index (χ3v) is 2.96. The molecule has 1 aromatic rings. The summed E-state index contributed by atoms with van der Waals surface area (Å²) >= 11 is 0. The maximum Gasteiger partial charge on any atom is 0.316 e. The van der Waals surface area contributed by atoms with Gasteiger partial charge in [0.1, 0.15) is 5.92 Å². The van der Waals surface area contributed by atoms with Gasteiger partial charge in [-0.15, -0.1) is 0 Å². The number of carbonyl (C=O) groups is 2. The van der Waals surface area contributed by atoms with E-state index in [2.05, 4.69) is 0 Å². The predicted molar refractivity (Wildman–Crippen MR) is 74.3 cm³/mol.